The van der Waals surface area contributed by atoms with Crippen LogP contribution in [0.3, 0.4) is 0 Å². The summed E-state index contributed by atoms with van der Waals surface area (Å²) in [6, 6.07) is 0. The molecule has 1 aliphatic rings. The van der Waals surface area contributed by atoms with Crippen LogP contribution in [0.15, 0.2) is 0 Å². The standard InChI is InChI=1S/C13H26/c1-6-7-8-13(4,5)12-9-11(12)10(2)3/h10-12H,6-9H2,1-5H3. The lowest BCUT2D eigenvalue weighted by molar-refractivity contribution is 0.248. The second-order valence-corrected chi connectivity index (χ2v) is 5.84. The van der Waals surface area contributed by atoms with Crippen molar-refractivity contribution in [3.8, 4) is 0 Å². The SMILES string of the molecule is CCCCC(C)(C)C1CC1C(C)C. The van der Waals surface area contributed by atoms with Gasteiger partial charge in [-0.2, -0.15) is 0 Å². The molecule has 0 N–H and O–H groups in total. The third kappa shape index (κ3) is 2.72. The molecule has 0 bridgehead atoms. The van der Waals surface area contributed by atoms with Gasteiger partial charge in [0.25, 0.3) is 0 Å². The van der Waals surface area contributed by atoms with Gasteiger partial charge in [-0.05, 0) is 36.0 Å². The van der Waals surface area contributed by atoms with Crippen molar-refractivity contribution in [1.82, 2.24) is 0 Å². The summed E-state index contributed by atoms with van der Waals surface area (Å²) in [5.41, 5.74) is 0.616. The Balaban J connectivity index is 2.35. The highest BCUT2D eigenvalue weighted by atomic mass is 14.5. The quantitative estimate of drug-likeness (QED) is 0.587. The van der Waals surface area contributed by atoms with Crippen molar-refractivity contribution >= 4 is 0 Å². The topological polar surface area (TPSA) is 0 Å². The van der Waals surface area contributed by atoms with Gasteiger partial charge in [0.2, 0.25) is 0 Å². The lowest BCUT2D eigenvalue weighted by Gasteiger charge is -2.25. The predicted molar refractivity (Wildman–Crippen MR) is 59.7 cm³/mol. The molecule has 0 spiro atoms. The van der Waals surface area contributed by atoms with E-state index in [-0.39, 0.29) is 0 Å². The Hall–Kier alpha value is 0. The van der Waals surface area contributed by atoms with Crippen molar-refractivity contribution < 1.29 is 0 Å². The highest BCUT2D eigenvalue weighted by molar-refractivity contribution is 4.97. The van der Waals surface area contributed by atoms with E-state index in [0.717, 1.165) is 17.8 Å². The monoisotopic (exact) mass is 182 g/mol. The van der Waals surface area contributed by atoms with Crippen LogP contribution in [-0.2, 0) is 0 Å². The van der Waals surface area contributed by atoms with Gasteiger partial charge in [-0.15, -0.1) is 0 Å². The summed E-state index contributed by atoms with van der Waals surface area (Å²) in [6.45, 7) is 12.0. The van der Waals surface area contributed by atoms with Gasteiger partial charge in [-0.25, -0.2) is 0 Å². The maximum absolute atomic E-state index is 2.47. The Labute approximate surface area is 84.1 Å². The van der Waals surface area contributed by atoms with Gasteiger partial charge in [0.1, 0.15) is 0 Å². The molecule has 78 valence electrons. The first kappa shape index (κ1) is 11.1. The summed E-state index contributed by atoms with van der Waals surface area (Å²) >= 11 is 0. The van der Waals surface area contributed by atoms with E-state index in [2.05, 4.69) is 34.6 Å². The van der Waals surface area contributed by atoms with E-state index in [1.165, 1.54) is 25.7 Å². The smallest absolute Gasteiger partial charge is 0.0323 e. The maximum atomic E-state index is 2.47. The molecule has 0 heteroatoms. The Kier molecular flexibility index (Phi) is 3.43. The molecule has 0 radical (unpaired) electrons. The molecule has 0 aromatic carbocycles. The van der Waals surface area contributed by atoms with Gasteiger partial charge in [0, 0.05) is 0 Å². The summed E-state index contributed by atoms with van der Waals surface area (Å²) in [5, 5.41) is 0. The third-order valence-electron chi connectivity index (χ3n) is 3.87. The van der Waals surface area contributed by atoms with E-state index in [0.29, 0.717) is 5.41 Å². The number of unbranched alkanes of at least 4 members (excludes halogenated alkanes) is 1. The van der Waals surface area contributed by atoms with E-state index in [1.807, 2.05) is 0 Å². The molecular weight excluding hydrogens is 156 g/mol. The molecule has 2 unspecified atom stereocenters. The third-order valence-corrected chi connectivity index (χ3v) is 3.87. The highest BCUT2D eigenvalue weighted by Crippen LogP contribution is 2.56. The fraction of sp³-hybridized carbons (Fsp3) is 1.00. The van der Waals surface area contributed by atoms with Gasteiger partial charge in [-0.3, -0.25) is 0 Å². The van der Waals surface area contributed by atoms with Crippen LogP contribution >= 0.6 is 0 Å². The molecule has 0 nitrogen and oxygen atoms in total. The minimum absolute atomic E-state index is 0.616. The summed E-state index contributed by atoms with van der Waals surface area (Å²) in [6.07, 6.45) is 5.68. The van der Waals surface area contributed by atoms with Gasteiger partial charge in [0.15, 0.2) is 0 Å². The summed E-state index contributed by atoms with van der Waals surface area (Å²) < 4.78 is 0. The van der Waals surface area contributed by atoms with Crippen LogP contribution in [0.1, 0.15) is 60.3 Å². The number of rotatable bonds is 5. The molecule has 0 aromatic rings. The zero-order valence-electron chi connectivity index (χ0n) is 10.1. The zero-order valence-corrected chi connectivity index (χ0v) is 10.1. The first-order chi connectivity index (χ1) is 5.99. The summed E-state index contributed by atoms with van der Waals surface area (Å²) in [5.74, 6) is 2.97. The summed E-state index contributed by atoms with van der Waals surface area (Å²) in [7, 11) is 0. The van der Waals surface area contributed by atoms with E-state index in [9.17, 15) is 0 Å². The van der Waals surface area contributed by atoms with Gasteiger partial charge in [0.05, 0.1) is 0 Å². The number of hydrogen-bond acceptors (Lipinski definition) is 0. The molecule has 0 heterocycles. The van der Waals surface area contributed by atoms with E-state index in [1.54, 1.807) is 0 Å². The molecule has 0 aromatic heterocycles. The normalized spacial score (nSPS) is 28.2. The second kappa shape index (κ2) is 4.02. The lowest BCUT2D eigenvalue weighted by Crippen LogP contribution is -2.16. The van der Waals surface area contributed by atoms with Crippen molar-refractivity contribution in [2.75, 3.05) is 0 Å². The van der Waals surface area contributed by atoms with Gasteiger partial charge in [-0.1, -0.05) is 47.5 Å². The molecule has 2 atom stereocenters. The summed E-state index contributed by atoms with van der Waals surface area (Å²) in [4.78, 5) is 0. The zero-order chi connectivity index (χ0) is 10.1. The van der Waals surface area contributed by atoms with Crippen molar-refractivity contribution in [3.05, 3.63) is 0 Å². The minimum atomic E-state index is 0.616. The molecule has 1 saturated carbocycles. The first-order valence-electron chi connectivity index (χ1n) is 5.99. The van der Waals surface area contributed by atoms with Crippen LogP contribution in [0.2, 0.25) is 0 Å². The Morgan fingerprint density at radius 3 is 2.31 bits per heavy atom. The largest absolute Gasteiger partial charge is 0.0654 e. The average molecular weight is 182 g/mol. The Morgan fingerprint density at radius 1 is 1.31 bits per heavy atom. The van der Waals surface area contributed by atoms with Crippen LogP contribution in [-0.4, -0.2) is 0 Å². The molecule has 1 fully saturated rings. The lowest BCUT2D eigenvalue weighted by atomic mass is 9.80. The molecule has 0 saturated heterocycles. The fourth-order valence-electron chi connectivity index (χ4n) is 2.67. The predicted octanol–water partition coefficient (Wildman–Crippen LogP) is 4.49. The first-order valence-corrected chi connectivity index (χ1v) is 5.99. The van der Waals surface area contributed by atoms with Crippen molar-refractivity contribution in [1.29, 1.82) is 0 Å². The van der Waals surface area contributed by atoms with E-state index >= 15 is 0 Å². The molecule has 0 amide bonds. The Morgan fingerprint density at radius 2 is 1.92 bits per heavy atom. The van der Waals surface area contributed by atoms with Crippen molar-refractivity contribution in [2.24, 2.45) is 23.2 Å². The highest BCUT2D eigenvalue weighted by Gasteiger charge is 2.47. The molecule has 1 rings (SSSR count). The van der Waals surface area contributed by atoms with Crippen LogP contribution < -0.4 is 0 Å². The molecule has 0 aliphatic heterocycles. The van der Waals surface area contributed by atoms with Crippen LogP contribution in [0.5, 0.6) is 0 Å². The van der Waals surface area contributed by atoms with Crippen molar-refractivity contribution in [3.63, 3.8) is 0 Å². The van der Waals surface area contributed by atoms with Crippen LogP contribution in [0.25, 0.3) is 0 Å². The van der Waals surface area contributed by atoms with Crippen LogP contribution in [0, 0.1) is 23.2 Å². The van der Waals surface area contributed by atoms with Gasteiger partial charge >= 0.3 is 0 Å². The van der Waals surface area contributed by atoms with E-state index < -0.39 is 0 Å². The maximum Gasteiger partial charge on any atom is -0.0323 e. The Bertz CT molecular complexity index is 155. The molecular formula is C13H26. The van der Waals surface area contributed by atoms with Gasteiger partial charge < -0.3 is 0 Å². The fourth-order valence-corrected chi connectivity index (χ4v) is 2.67. The van der Waals surface area contributed by atoms with Crippen LogP contribution in [0.4, 0.5) is 0 Å². The molecule has 1 aliphatic carbocycles. The van der Waals surface area contributed by atoms with Crippen molar-refractivity contribution in [2.45, 2.75) is 60.3 Å². The number of hydrogen-bond donors (Lipinski definition) is 0. The minimum Gasteiger partial charge on any atom is -0.0654 e. The van der Waals surface area contributed by atoms with E-state index in [4.69, 9.17) is 0 Å². The average Bonchev–Trinajstić information content (AvgIpc) is 2.79. The molecule has 13 heavy (non-hydrogen) atoms. The second-order valence-electron chi connectivity index (χ2n) is 5.84.